The Hall–Kier alpha value is -1.06. The summed E-state index contributed by atoms with van der Waals surface area (Å²) in [4.78, 5) is 5.46. The number of rotatable bonds is 4. The van der Waals surface area contributed by atoms with Gasteiger partial charge in [0.15, 0.2) is 5.13 Å². The van der Waals surface area contributed by atoms with E-state index in [1.165, 1.54) is 0 Å². The zero-order valence-corrected chi connectivity index (χ0v) is 10.6. The quantitative estimate of drug-likeness (QED) is 0.878. The smallest absolute Gasteiger partial charge is 0.183 e. The molecule has 0 aliphatic heterocycles. The standard InChI is InChI=1S/C12H13ClN2S/c1-2-6-14-12-15-8-11(16-12)9-4-3-5-10(13)7-9/h3-5,7-8H,2,6H2,1H3,(H,14,15). The average molecular weight is 253 g/mol. The van der Waals surface area contributed by atoms with Gasteiger partial charge in [0, 0.05) is 17.8 Å². The van der Waals surface area contributed by atoms with Crippen molar-refractivity contribution >= 4 is 28.1 Å². The van der Waals surface area contributed by atoms with Crippen molar-refractivity contribution in [1.82, 2.24) is 4.98 Å². The van der Waals surface area contributed by atoms with Gasteiger partial charge < -0.3 is 5.32 Å². The van der Waals surface area contributed by atoms with Crippen molar-refractivity contribution < 1.29 is 0 Å². The maximum Gasteiger partial charge on any atom is 0.183 e. The fraction of sp³-hybridized carbons (Fsp3) is 0.250. The lowest BCUT2D eigenvalue weighted by Crippen LogP contribution is -1.97. The van der Waals surface area contributed by atoms with Crippen LogP contribution in [-0.4, -0.2) is 11.5 Å². The highest BCUT2D eigenvalue weighted by molar-refractivity contribution is 7.18. The van der Waals surface area contributed by atoms with Crippen LogP contribution in [0.4, 0.5) is 5.13 Å². The van der Waals surface area contributed by atoms with Gasteiger partial charge in [-0.2, -0.15) is 0 Å². The Bertz CT molecular complexity index is 468. The van der Waals surface area contributed by atoms with E-state index >= 15 is 0 Å². The van der Waals surface area contributed by atoms with Crippen molar-refractivity contribution in [3.8, 4) is 10.4 Å². The number of halogens is 1. The molecular formula is C12H13ClN2S. The first-order chi connectivity index (χ1) is 7.79. The summed E-state index contributed by atoms with van der Waals surface area (Å²) in [6.07, 6.45) is 2.99. The molecule has 1 aromatic carbocycles. The molecule has 0 unspecified atom stereocenters. The first kappa shape index (κ1) is 11.4. The third-order valence-electron chi connectivity index (χ3n) is 2.14. The molecule has 1 heterocycles. The second kappa shape index (κ2) is 5.32. The molecule has 0 aliphatic rings. The van der Waals surface area contributed by atoms with Gasteiger partial charge in [-0.1, -0.05) is 42.0 Å². The van der Waals surface area contributed by atoms with E-state index in [1.807, 2.05) is 30.5 Å². The van der Waals surface area contributed by atoms with Gasteiger partial charge in [0.1, 0.15) is 0 Å². The summed E-state index contributed by atoms with van der Waals surface area (Å²) in [6, 6.07) is 7.83. The van der Waals surface area contributed by atoms with Gasteiger partial charge in [0.05, 0.1) is 4.88 Å². The Morgan fingerprint density at radius 2 is 2.31 bits per heavy atom. The van der Waals surface area contributed by atoms with E-state index in [9.17, 15) is 0 Å². The number of nitrogens with one attached hydrogen (secondary N) is 1. The van der Waals surface area contributed by atoms with Crippen molar-refractivity contribution in [3.63, 3.8) is 0 Å². The van der Waals surface area contributed by atoms with Gasteiger partial charge in [-0.3, -0.25) is 0 Å². The lowest BCUT2D eigenvalue weighted by molar-refractivity contribution is 0.976. The molecule has 0 radical (unpaired) electrons. The summed E-state index contributed by atoms with van der Waals surface area (Å²) in [5.74, 6) is 0. The van der Waals surface area contributed by atoms with Crippen LogP contribution >= 0.6 is 22.9 Å². The van der Waals surface area contributed by atoms with Crippen LogP contribution in [0, 0.1) is 0 Å². The molecule has 1 N–H and O–H groups in total. The van der Waals surface area contributed by atoms with Crippen LogP contribution in [0.1, 0.15) is 13.3 Å². The molecule has 0 aliphatic carbocycles. The van der Waals surface area contributed by atoms with Crippen molar-refractivity contribution in [2.45, 2.75) is 13.3 Å². The molecule has 2 rings (SSSR count). The largest absolute Gasteiger partial charge is 0.362 e. The van der Waals surface area contributed by atoms with Crippen LogP contribution < -0.4 is 5.32 Å². The van der Waals surface area contributed by atoms with Gasteiger partial charge in [0.2, 0.25) is 0 Å². The van der Waals surface area contributed by atoms with Crippen molar-refractivity contribution in [1.29, 1.82) is 0 Å². The average Bonchev–Trinajstić information content (AvgIpc) is 2.75. The summed E-state index contributed by atoms with van der Waals surface area (Å²) in [6.45, 7) is 3.10. The van der Waals surface area contributed by atoms with Crippen LogP contribution in [0.5, 0.6) is 0 Å². The number of anilines is 1. The number of hydrogen-bond donors (Lipinski definition) is 1. The van der Waals surface area contributed by atoms with E-state index in [4.69, 9.17) is 11.6 Å². The minimum atomic E-state index is 0.758. The molecule has 1 aromatic heterocycles. The topological polar surface area (TPSA) is 24.9 Å². The number of benzene rings is 1. The Kier molecular flexibility index (Phi) is 3.80. The molecule has 2 aromatic rings. The van der Waals surface area contributed by atoms with E-state index in [-0.39, 0.29) is 0 Å². The van der Waals surface area contributed by atoms with Crippen LogP contribution in [-0.2, 0) is 0 Å². The molecule has 84 valence electrons. The number of aromatic nitrogens is 1. The summed E-state index contributed by atoms with van der Waals surface area (Å²) in [5.41, 5.74) is 1.12. The van der Waals surface area contributed by atoms with Crippen LogP contribution in [0.2, 0.25) is 5.02 Å². The van der Waals surface area contributed by atoms with Gasteiger partial charge >= 0.3 is 0 Å². The molecule has 0 fully saturated rings. The fourth-order valence-electron chi connectivity index (χ4n) is 1.36. The predicted octanol–water partition coefficient (Wildman–Crippen LogP) is 4.29. The van der Waals surface area contributed by atoms with E-state index < -0.39 is 0 Å². The second-order valence-corrected chi connectivity index (χ2v) is 4.93. The summed E-state index contributed by atoms with van der Waals surface area (Å²) < 4.78 is 0. The molecule has 0 spiro atoms. The molecule has 4 heteroatoms. The molecule has 0 saturated heterocycles. The molecule has 16 heavy (non-hydrogen) atoms. The van der Waals surface area contributed by atoms with Crippen LogP contribution in [0.25, 0.3) is 10.4 Å². The molecule has 0 bridgehead atoms. The van der Waals surface area contributed by atoms with Gasteiger partial charge in [0.25, 0.3) is 0 Å². The maximum atomic E-state index is 5.95. The number of hydrogen-bond acceptors (Lipinski definition) is 3. The second-order valence-electron chi connectivity index (χ2n) is 3.47. The normalized spacial score (nSPS) is 10.4. The molecule has 0 saturated carbocycles. The third kappa shape index (κ3) is 2.74. The highest BCUT2D eigenvalue weighted by Crippen LogP contribution is 2.30. The Labute approximate surface area is 104 Å². The van der Waals surface area contributed by atoms with Crippen molar-refractivity contribution in [3.05, 3.63) is 35.5 Å². The van der Waals surface area contributed by atoms with Crippen LogP contribution in [0.3, 0.4) is 0 Å². The van der Waals surface area contributed by atoms with Crippen molar-refractivity contribution in [2.75, 3.05) is 11.9 Å². The van der Waals surface area contributed by atoms with E-state index in [1.54, 1.807) is 11.3 Å². The SMILES string of the molecule is CCCNc1ncc(-c2cccc(Cl)c2)s1. The van der Waals surface area contributed by atoms with E-state index in [0.29, 0.717) is 0 Å². The number of thiazole rings is 1. The lowest BCUT2D eigenvalue weighted by atomic mass is 10.2. The monoisotopic (exact) mass is 252 g/mol. The van der Waals surface area contributed by atoms with E-state index in [2.05, 4.69) is 17.2 Å². The van der Waals surface area contributed by atoms with Gasteiger partial charge in [-0.15, -0.1) is 0 Å². The Balaban J connectivity index is 2.18. The summed E-state index contributed by atoms with van der Waals surface area (Å²) >= 11 is 7.61. The number of nitrogens with zero attached hydrogens (tertiary/aromatic N) is 1. The lowest BCUT2D eigenvalue weighted by Gasteiger charge is -1.98. The maximum absolute atomic E-state index is 5.95. The predicted molar refractivity (Wildman–Crippen MR) is 71.3 cm³/mol. The highest BCUT2D eigenvalue weighted by Gasteiger charge is 2.03. The van der Waals surface area contributed by atoms with Crippen LogP contribution in [0.15, 0.2) is 30.5 Å². The zero-order chi connectivity index (χ0) is 11.4. The summed E-state index contributed by atoms with van der Waals surface area (Å²) in [5, 5.41) is 5.00. The Morgan fingerprint density at radius 3 is 3.06 bits per heavy atom. The third-order valence-corrected chi connectivity index (χ3v) is 3.38. The zero-order valence-electron chi connectivity index (χ0n) is 9.03. The van der Waals surface area contributed by atoms with Gasteiger partial charge in [-0.05, 0) is 24.1 Å². The fourth-order valence-corrected chi connectivity index (χ4v) is 2.39. The van der Waals surface area contributed by atoms with Crippen molar-refractivity contribution in [2.24, 2.45) is 0 Å². The Morgan fingerprint density at radius 1 is 1.44 bits per heavy atom. The first-order valence-electron chi connectivity index (χ1n) is 5.25. The first-order valence-corrected chi connectivity index (χ1v) is 6.44. The molecule has 2 nitrogen and oxygen atoms in total. The molecular weight excluding hydrogens is 240 g/mol. The molecule has 0 amide bonds. The molecule has 0 atom stereocenters. The van der Waals surface area contributed by atoms with Gasteiger partial charge in [-0.25, -0.2) is 4.98 Å². The van der Waals surface area contributed by atoms with E-state index in [0.717, 1.165) is 33.6 Å². The minimum absolute atomic E-state index is 0.758. The summed E-state index contributed by atoms with van der Waals surface area (Å²) in [7, 11) is 0. The highest BCUT2D eigenvalue weighted by atomic mass is 35.5. The minimum Gasteiger partial charge on any atom is -0.362 e.